The molecule has 3 aromatic heterocycles. The number of hydrogen-bond acceptors (Lipinski definition) is 6. The maximum absolute atomic E-state index is 15.3. The van der Waals surface area contributed by atoms with E-state index >= 15 is 4.39 Å². The van der Waals surface area contributed by atoms with Crippen LogP contribution >= 0.6 is 0 Å². The molecule has 0 saturated heterocycles. The molecule has 0 bridgehead atoms. The third kappa shape index (κ3) is 4.41. The number of nitrogen functional groups attached to an aromatic ring is 1. The van der Waals surface area contributed by atoms with Crippen LogP contribution in [0.25, 0.3) is 21.8 Å². The van der Waals surface area contributed by atoms with E-state index in [0.29, 0.717) is 29.1 Å². The van der Waals surface area contributed by atoms with E-state index in [0.717, 1.165) is 34.4 Å². The monoisotopic (exact) mass is 515 g/mol. The number of nitrogens with zero attached hydrogens (tertiary/aromatic N) is 6. The van der Waals surface area contributed by atoms with Crippen molar-refractivity contribution >= 4 is 39.4 Å². The predicted molar refractivity (Wildman–Crippen MR) is 125 cm³/mol. The number of hydrogen-bond donors (Lipinski definition) is 1. The third-order valence-electron chi connectivity index (χ3n) is 6.32. The lowest BCUT2D eigenvalue weighted by molar-refractivity contribution is -0.144. The normalized spacial score (nSPS) is 13.8. The van der Waals surface area contributed by atoms with Gasteiger partial charge in [-0.15, -0.1) is 0 Å². The smallest absolute Gasteiger partial charge is 0.383 e. The number of pyridine rings is 2. The van der Waals surface area contributed by atoms with Crippen molar-refractivity contribution in [3.63, 3.8) is 0 Å². The van der Waals surface area contributed by atoms with Gasteiger partial charge >= 0.3 is 6.18 Å². The molecule has 5 rings (SSSR count). The molecule has 2 amide bonds. The summed E-state index contributed by atoms with van der Waals surface area (Å²) in [7, 11) is 3.04. The number of amides is 2. The largest absolute Gasteiger partial charge is 0.433 e. The number of aromatic nitrogens is 4. The Morgan fingerprint density at radius 3 is 2.51 bits per heavy atom. The van der Waals surface area contributed by atoms with E-state index in [4.69, 9.17) is 5.73 Å². The van der Waals surface area contributed by atoms with Crippen molar-refractivity contribution in [1.82, 2.24) is 29.8 Å². The fourth-order valence-electron chi connectivity index (χ4n) is 4.17. The summed E-state index contributed by atoms with van der Waals surface area (Å²) in [5.41, 5.74) is 5.51. The Kier molecular flexibility index (Phi) is 5.72. The van der Waals surface area contributed by atoms with Gasteiger partial charge in [-0.25, -0.2) is 14.4 Å². The zero-order valence-corrected chi connectivity index (χ0v) is 19.8. The number of carbonyl (C=O) groups excluding carboxylic acids is 2. The topological polar surface area (TPSA) is 110 Å². The minimum atomic E-state index is -4.63. The molecule has 1 saturated carbocycles. The molecule has 0 aliphatic heterocycles. The third-order valence-corrected chi connectivity index (χ3v) is 6.32. The molecule has 1 aliphatic carbocycles. The van der Waals surface area contributed by atoms with Crippen LogP contribution in [0.1, 0.15) is 34.5 Å². The SMILES string of the molecule is CN(C(=O)C1CC1)N(Cc1ccc(C(F)(F)F)nc1)C(=O)c1cc2c(cc1F)nc(N)c1cnn(C)c12. The van der Waals surface area contributed by atoms with Crippen LogP contribution < -0.4 is 5.73 Å². The second-order valence-corrected chi connectivity index (χ2v) is 8.93. The van der Waals surface area contributed by atoms with E-state index in [1.807, 2.05) is 0 Å². The number of nitrogens with two attached hydrogens (primary N) is 1. The number of aryl methyl sites for hydroxylation is 1. The van der Waals surface area contributed by atoms with Crippen LogP contribution in [0, 0.1) is 11.7 Å². The molecule has 2 N–H and O–H groups in total. The van der Waals surface area contributed by atoms with E-state index in [9.17, 15) is 22.8 Å². The van der Waals surface area contributed by atoms with Crippen LogP contribution in [-0.4, -0.2) is 48.6 Å². The zero-order chi connectivity index (χ0) is 26.6. The summed E-state index contributed by atoms with van der Waals surface area (Å²) >= 11 is 0. The second kappa shape index (κ2) is 8.68. The minimum absolute atomic E-state index is 0.153. The van der Waals surface area contributed by atoms with Gasteiger partial charge in [-0.3, -0.25) is 24.3 Å². The van der Waals surface area contributed by atoms with Crippen LogP contribution in [0.15, 0.2) is 36.7 Å². The van der Waals surface area contributed by atoms with Gasteiger partial charge in [-0.05, 0) is 30.5 Å². The molecule has 3 heterocycles. The van der Waals surface area contributed by atoms with E-state index < -0.39 is 23.6 Å². The van der Waals surface area contributed by atoms with Crippen LogP contribution in [0.3, 0.4) is 0 Å². The first-order chi connectivity index (χ1) is 17.5. The Morgan fingerprint density at radius 1 is 1.16 bits per heavy atom. The van der Waals surface area contributed by atoms with Crippen molar-refractivity contribution in [3.05, 3.63) is 59.3 Å². The van der Waals surface area contributed by atoms with Gasteiger partial charge in [0.15, 0.2) is 0 Å². The highest BCUT2D eigenvalue weighted by molar-refractivity contribution is 6.10. The van der Waals surface area contributed by atoms with Crippen molar-refractivity contribution in [2.45, 2.75) is 25.6 Å². The summed E-state index contributed by atoms with van der Waals surface area (Å²) < 4.78 is 55.6. The number of anilines is 1. The maximum Gasteiger partial charge on any atom is 0.433 e. The average Bonchev–Trinajstić information content (AvgIpc) is 3.62. The standard InChI is InChI=1S/C24H21F4N7O2/c1-33-20-15-7-14(17(25)8-18(15)32-21(29)16(20)10-31-33)23(37)35(34(2)22(36)13-4-5-13)11-12-3-6-19(30-9-12)24(26,27)28/h3,6-10,13H,4-5,11H2,1-2H3,(H2,29,32). The first-order valence-corrected chi connectivity index (χ1v) is 11.3. The van der Waals surface area contributed by atoms with Crippen molar-refractivity contribution in [2.75, 3.05) is 12.8 Å². The molecule has 1 aliphatic rings. The molecule has 37 heavy (non-hydrogen) atoms. The van der Waals surface area contributed by atoms with Crippen LogP contribution in [0.4, 0.5) is 23.4 Å². The Hall–Kier alpha value is -4.29. The molecule has 192 valence electrons. The van der Waals surface area contributed by atoms with Gasteiger partial charge in [-0.2, -0.15) is 18.3 Å². The van der Waals surface area contributed by atoms with Gasteiger partial charge in [0.1, 0.15) is 17.3 Å². The number of benzene rings is 1. The van der Waals surface area contributed by atoms with Crippen molar-refractivity contribution in [1.29, 1.82) is 0 Å². The number of fused-ring (bicyclic) bond motifs is 3. The van der Waals surface area contributed by atoms with E-state index in [1.54, 1.807) is 7.05 Å². The number of rotatable bonds is 4. The average molecular weight is 515 g/mol. The van der Waals surface area contributed by atoms with Crippen LogP contribution in [0.5, 0.6) is 0 Å². The summed E-state index contributed by atoms with van der Waals surface area (Å²) in [6.45, 7) is -0.308. The summed E-state index contributed by atoms with van der Waals surface area (Å²) in [6.07, 6.45) is -0.837. The first-order valence-electron chi connectivity index (χ1n) is 11.3. The Bertz CT molecular complexity index is 1550. The van der Waals surface area contributed by atoms with Gasteiger partial charge in [0.25, 0.3) is 5.91 Å². The number of hydrazine groups is 1. The molecule has 1 fully saturated rings. The molecular formula is C24H21F4N7O2. The lowest BCUT2D eigenvalue weighted by Crippen LogP contribution is -2.47. The van der Waals surface area contributed by atoms with E-state index in [1.165, 1.54) is 24.0 Å². The fourth-order valence-corrected chi connectivity index (χ4v) is 4.17. The van der Waals surface area contributed by atoms with Gasteiger partial charge in [0.05, 0.1) is 34.7 Å². The van der Waals surface area contributed by atoms with Crippen LogP contribution in [0.2, 0.25) is 0 Å². The predicted octanol–water partition coefficient (Wildman–Crippen LogP) is 3.68. The molecule has 0 radical (unpaired) electrons. The summed E-state index contributed by atoms with van der Waals surface area (Å²) in [4.78, 5) is 34.1. The Morgan fingerprint density at radius 2 is 1.89 bits per heavy atom. The molecular weight excluding hydrogens is 494 g/mol. The van der Waals surface area contributed by atoms with E-state index in [2.05, 4.69) is 15.1 Å². The molecule has 4 aromatic rings. The van der Waals surface area contributed by atoms with Gasteiger partial charge in [0.2, 0.25) is 5.91 Å². The highest BCUT2D eigenvalue weighted by Crippen LogP contribution is 2.33. The summed E-state index contributed by atoms with van der Waals surface area (Å²) in [5, 5.41) is 7.19. The van der Waals surface area contributed by atoms with Gasteiger partial charge < -0.3 is 5.73 Å². The molecule has 13 heteroatoms. The fraction of sp³-hybridized carbons (Fsp3) is 0.292. The second-order valence-electron chi connectivity index (χ2n) is 8.93. The Balaban J connectivity index is 1.57. The maximum atomic E-state index is 15.3. The molecule has 0 atom stereocenters. The Labute approximate surface area is 207 Å². The van der Waals surface area contributed by atoms with Gasteiger partial charge in [-0.1, -0.05) is 6.07 Å². The summed E-state index contributed by atoms with van der Waals surface area (Å²) in [6, 6.07) is 4.34. The highest BCUT2D eigenvalue weighted by Gasteiger charge is 2.37. The first kappa shape index (κ1) is 24.4. The van der Waals surface area contributed by atoms with Crippen LogP contribution in [-0.2, 0) is 24.6 Å². The lowest BCUT2D eigenvalue weighted by atomic mass is 10.1. The number of alkyl halides is 3. The molecule has 1 aromatic carbocycles. The van der Waals surface area contributed by atoms with Crippen molar-refractivity contribution < 1.29 is 27.2 Å². The molecule has 9 nitrogen and oxygen atoms in total. The highest BCUT2D eigenvalue weighted by atomic mass is 19.4. The van der Waals surface area contributed by atoms with Crippen molar-refractivity contribution in [3.8, 4) is 0 Å². The molecule has 0 spiro atoms. The lowest BCUT2D eigenvalue weighted by Gasteiger charge is -2.32. The summed E-state index contributed by atoms with van der Waals surface area (Å²) in [5.74, 6) is -2.22. The molecule has 0 unspecified atom stereocenters. The number of halogens is 4. The van der Waals surface area contributed by atoms with Gasteiger partial charge in [0, 0.05) is 37.7 Å². The number of carbonyl (C=O) groups is 2. The minimum Gasteiger partial charge on any atom is -0.383 e. The zero-order valence-electron chi connectivity index (χ0n) is 19.8. The quantitative estimate of drug-likeness (QED) is 0.328. The van der Waals surface area contributed by atoms with E-state index in [-0.39, 0.29) is 40.8 Å². The van der Waals surface area contributed by atoms with Crippen molar-refractivity contribution in [2.24, 2.45) is 13.0 Å².